The van der Waals surface area contributed by atoms with Crippen LogP contribution in [0.15, 0.2) is 36.4 Å². The van der Waals surface area contributed by atoms with E-state index in [2.05, 4.69) is 66.0 Å². The average molecular weight is 711 g/mol. The smallest absolute Gasteiger partial charge is 0.261 e. The van der Waals surface area contributed by atoms with E-state index in [-0.39, 0.29) is 107 Å². The maximum absolute atomic E-state index is 13.7. The zero-order valence-electron chi connectivity index (χ0n) is 31.5. The number of carbonyl (C=O) groups is 6. The van der Waals surface area contributed by atoms with E-state index in [9.17, 15) is 28.8 Å². The molecule has 276 valence electrons. The van der Waals surface area contributed by atoms with E-state index in [1.54, 1.807) is 34.1 Å². The van der Waals surface area contributed by atoms with E-state index in [1.165, 1.54) is 21.9 Å². The SMILES string of the molecule is CC1(C)CC(N2C(=O)c3ccc(C(=O)N4CCN(C(=O)c5ccc6c(c5)C(=O)N(C5CC(C)(C)NC(C)(C)C5)C6=O)CC4)cc3C2=O)CC(C)(C)N1. The molecule has 0 spiro atoms. The van der Waals surface area contributed by atoms with Crippen molar-refractivity contribution < 1.29 is 28.8 Å². The molecule has 0 aliphatic carbocycles. The maximum Gasteiger partial charge on any atom is 0.261 e. The molecule has 0 saturated carbocycles. The first-order chi connectivity index (χ1) is 24.2. The topological polar surface area (TPSA) is 139 Å². The molecule has 0 atom stereocenters. The van der Waals surface area contributed by atoms with E-state index in [0.29, 0.717) is 47.9 Å². The van der Waals surface area contributed by atoms with Crippen LogP contribution in [0.2, 0.25) is 0 Å². The van der Waals surface area contributed by atoms with Crippen molar-refractivity contribution in [2.45, 2.75) is 115 Å². The number of carbonyl (C=O) groups excluding carboxylic acids is 6. The Morgan fingerprint density at radius 3 is 1.10 bits per heavy atom. The lowest BCUT2D eigenvalue weighted by Gasteiger charge is -2.48. The highest BCUT2D eigenvalue weighted by Crippen LogP contribution is 2.38. The molecule has 2 aromatic carbocycles. The summed E-state index contributed by atoms with van der Waals surface area (Å²) in [5.74, 6) is -1.94. The third-order valence-corrected chi connectivity index (χ3v) is 11.3. The van der Waals surface area contributed by atoms with Crippen LogP contribution in [0.4, 0.5) is 0 Å². The quantitative estimate of drug-likeness (QED) is 0.453. The summed E-state index contributed by atoms with van der Waals surface area (Å²) in [6, 6.07) is 8.89. The van der Waals surface area contributed by atoms with Gasteiger partial charge in [-0.15, -0.1) is 0 Å². The highest BCUT2D eigenvalue weighted by molar-refractivity contribution is 6.23. The number of imide groups is 2. The van der Waals surface area contributed by atoms with Crippen molar-refractivity contribution in [1.29, 1.82) is 0 Å². The number of amides is 6. The Balaban J connectivity index is 1.00. The van der Waals surface area contributed by atoms with Crippen molar-refractivity contribution in [3.8, 4) is 0 Å². The molecule has 0 unspecified atom stereocenters. The fourth-order valence-corrected chi connectivity index (χ4v) is 9.83. The van der Waals surface area contributed by atoms with Crippen LogP contribution in [-0.2, 0) is 0 Å². The second-order valence-corrected chi connectivity index (χ2v) is 18.0. The van der Waals surface area contributed by atoms with Gasteiger partial charge in [0.2, 0.25) is 0 Å². The summed E-state index contributed by atoms with van der Waals surface area (Å²) in [5, 5.41) is 7.19. The molecule has 52 heavy (non-hydrogen) atoms. The molecule has 12 nitrogen and oxygen atoms in total. The molecule has 5 aliphatic rings. The Morgan fingerprint density at radius 1 is 0.500 bits per heavy atom. The fraction of sp³-hybridized carbons (Fsp3) is 0.550. The van der Waals surface area contributed by atoms with Crippen LogP contribution in [0.5, 0.6) is 0 Å². The molecule has 2 aromatic rings. The first-order valence-electron chi connectivity index (χ1n) is 18.4. The van der Waals surface area contributed by atoms with Crippen molar-refractivity contribution in [3.05, 3.63) is 69.8 Å². The predicted molar refractivity (Wildman–Crippen MR) is 194 cm³/mol. The van der Waals surface area contributed by atoms with E-state index in [0.717, 1.165) is 0 Å². The van der Waals surface area contributed by atoms with E-state index < -0.39 is 0 Å². The molecule has 3 fully saturated rings. The Labute approximate surface area is 305 Å². The molecular formula is C40H50N6O6. The van der Waals surface area contributed by atoms with Gasteiger partial charge in [-0.05, 0) is 117 Å². The third kappa shape index (κ3) is 6.33. The summed E-state index contributed by atoms with van der Waals surface area (Å²) in [6.45, 7) is 17.7. The van der Waals surface area contributed by atoms with Crippen LogP contribution >= 0.6 is 0 Å². The fourth-order valence-electron chi connectivity index (χ4n) is 9.83. The van der Waals surface area contributed by atoms with Gasteiger partial charge >= 0.3 is 0 Å². The number of rotatable bonds is 4. The van der Waals surface area contributed by atoms with Crippen LogP contribution in [0, 0.1) is 0 Å². The molecule has 3 saturated heterocycles. The number of hydrogen-bond acceptors (Lipinski definition) is 8. The molecule has 0 bridgehead atoms. The Hall–Kier alpha value is -4.42. The molecular weight excluding hydrogens is 660 g/mol. The first kappa shape index (κ1) is 36.0. The maximum atomic E-state index is 13.7. The first-order valence-corrected chi connectivity index (χ1v) is 18.4. The molecule has 12 heteroatoms. The van der Waals surface area contributed by atoms with Gasteiger partial charge in [-0.1, -0.05) is 0 Å². The number of nitrogens with zero attached hydrogens (tertiary/aromatic N) is 4. The minimum absolute atomic E-state index is 0.245. The summed E-state index contributed by atoms with van der Waals surface area (Å²) in [4.78, 5) is 87.6. The molecule has 2 N–H and O–H groups in total. The minimum Gasteiger partial charge on any atom is -0.335 e. The van der Waals surface area contributed by atoms with Gasteiger partial charge in [0.05, 0.1) is 22.3 Å². The highest BCUT2D eigenvalue weighted by Gasteiger charge is 2.49. The summed E-state index contributed by atoms with van der Waals surface area (Å²) >= 11 is 0. The van der Waals surface area contributed by atoms with Crippen molar-refractivity contribution in [3.63, 3.8) is 0 Å². The number of benzene rings is 2. The average Bonchev–Trinajstić information content (AvgIpc) is 3.44. The normalized spacial score (nSPS) is 24.0. The standard InChI is InChI=1S/C40H50N6O6/c1-37(2)19-25(20-38(3,4)41-37)45-33(49)27-11-9-23(17-29(27)35(45)51)31(47)43-13-15-44(16-14-43)32(48)24-10-12-28-30(18-24)36(52)46(34(28)50)26-21-39(5,6)42-40(7,8)22-26/h9-12,17-18,25-26,41-42H,13-16,19-22H2,1-8H3. The van der Waals surface area contributed by atoms with Gasteiger partial charge in [0, 0.05) is 71.5 Å². The van der Waals surface area contributed by atoms with Crippen molar-refractivity contribution in [2.75, 3.05) is 26.2 Å². The lowest BCUT2D eigenvalue weighted by atomic mass is 9.79. The summed E-state index contributed by atoms with van der Waals surface area (Å²) < 4.78 is 0. The third-order valence-electron chi connectivity index (χ3n) is 11.3. The monoisotopic (exact) mass is 710 g/mol. The molecule has 7 rings (SSSR count). The van der Waals surface area contributed by atoms with Gasteiger partial charge in [0.15, 0.2) is 0 Å². The zero-order valence-corrected chi connectivity index (χ0v) is 31.5. The number of nitrogens with one attached hydrogen (secondary N) is 2. The molecule has 5 aliphatic heterocycles. The number of piperazine rings is 1. The van der Waals surface area contributed by atoms with Crippen molar-refractivity contribution >= 4 is 35.4 Å². The Bertz CT molecular complexity index is 1750. The number of fused-ring (bicyclic) bond motifs is 2. The van der Waals surface area contributed by atoms with Gasteiger partial charge in [0.25, 0.3) is 35.4 Å². The van der Waals surface area contributed by atoms with Gasteiger partial charge in [-0.3, -0.25) is 38.6 Å². The second-order valence-electron chi connectivity index (χ2n) is 18.0. The van der Waals surface area contributed by atoms with Gasteiger partial charge in [0.1, 0.15) is 0 Å². The van der Waals surface area contributed by atoms with Crippen molar-refractivity contribution in [2.24, 2.45) is 0 Å². The highest BCUT2D eigenvalue weighted by atomic mass is 16.2. The largest absolute Gasteiger partial charge is 0.335 e. The lowest BCUT2D eigenvalue weighted by Crippen LogP contribution is -2.62. The second kappa shape index (κ2) is 12.1. The van der Waals surface area contributed by atoms with Gasteiger partial charge < -0.3 is 20.4 Å². The molecule has 5 heterocycles. The van der Waals surface area contributed by atoms with Crippen LogP contribution in [0.1, 0.15) is 143 Å². The predicted octanol–water partition coefficient (Wildman–Crippen LogP) is 4.10. The lowest BCUT2D eigenvalue weighted by molar-refractivity contribution is 0.0393. The van der Waals surface area contributed by atoms with Crippen molar-refractivity contribution in [1.82, 2.24) is 30.2 Å². The Kier molecular flexibility index (Phi) is 8.34. The van der Waals surface area contributed by atoms with E-state index in [1.807, 2.05) is 0 Å². The summed E-state index contributed by atoms with van der Waals surface area (Å²) in [6.07, 6.45) is 2.52. The zero-order chi connectivity index (χ0) is 37.7. The van der Waals surface area contributed by atoms with E-state index in [4.69, 9.17) is 0 Å². The van der Waals surface area contributed by atoms with Crippen LogP contribution in [-0.4, -0.2) is 115 Å². The molecule has 0 aromatic heterocycles. The summed E-state index contributed by atoms with van der Waals surface area (Å²) in [5.41, 5.74) is 0.723. The van der Waals surface area contributed by atoms with Crippen LogP contribution in [0.25, 0.3) is 0 Å². The number of hydrogen-bond donors (Lipinski definition) is 2. The van der Waals surface area contributed by atoms with Gasteiger partial charge in [-0.25, -0.2) is 0 Å². The summed E-state index contributed by atoms with van der Waals surface area (Å²) in [7, 11) is 0. The molecule has 0 radical (unpaired) electrons. The van der Waals surface area contributed by atoms with Gasteiger partial charge in [-0.2, -0.15) is 0 Å². The van der Waals surface area contributed by atoms with E-state index >= 15 is 0 Å². The Morgan fingerprint density at radius 2 is 0.788 bits per heavy atom. The van der Waals surface area contributed by atoms with Crippen LogP contribution in [0.3, 0.4) is 0 Å². The number of piperidine rings is 2. The molecule has 6 amide bonds. The minimum atomic E-state index is -0.371. The van der Waals surface area contributed by atoms with Crippen LogP contribution < -0.4 is 10.6 Å².